The van der Waals surface area contributed by atoms with Gasteiger partial charge in [-0.05, 0) is 44.2 Å². The third-order valence-electron chi connectivity index (χ3n) is 5.51. The second kappa shape index (κ2) is 9.15. The lowest BCUT2D eigenvalue weighted by Crippen LogP contribution is -2.37. The third kappa shape index (κ3) is 4.57. The van der Waals surface area contributed by atoms with Crippen molar-refractivity contribution in [3.05, 3.63) is 70.5 Å². The van der Waals surface area contributed by atoms with Gasteiger partial charge in [-0.15, -0.1) is 0 Å². The van der Waals surface area contributed by atoms with Crippen molar-refractivity contribution in [1.29, 1.82) is 0 Å². The summed E-state index contributed by atoms with van der Waals surface area (Å²) in [7, 11) is 0. The van der Waals surface area contributed by atoms with E-state index in [2.05, 4.69) is 20.6 Å². The van der Waals surface area contributed by atoms with E-state index in [1.807, 2.05) is 13.8 Å². The van der Waals surface area contributed by atoms with E-state index < -0.39 is 0 Å². The van der Waals surface area contributed by atoms with Crippen LogP contribution in [0.2, 0.25) is 0 Å². The number of aromatic nitrogens is 2. The lowest BCUT2D eigenvalue weighted by molar-refractivity contribution is -0.121. The summed E-state index contributed by atoms with van der Waals surface area (Å²) in [6.45, 7) is 4.20. The molecule has 0 radical (unpaired) electrons. The number of rotatable bonds is 7. The Hall–Kier alpha value is -4.14. The topological polar surface area (TPSA) is 121 Å². The van der Waals surface area contributed by atoms with Crippen LogP contribution in [0.5, 0.6) is 0 Å². The molecule has 3 aromatic rings. The molecule has 4 amide bonds. The first-order chi connectivity index (χ1) is 15.8. The van der Waals surface area contributed by atoms with Gasteiger partial charge in [0.25, 0.3) is 17.7 Å². The Bertz CT molecular complexity index is 1250. The zero-order chi connectivity index (χ0) is 23.5. The Balaban J connectivity index is 1.22. The van der Waals surface area contributed by atoms with E-state index in [9.17, 15) is 19.2 Å². The van der Waals surface area contributed by atoms with Gasteiger partial charge in [-0.1, -0.05) is 12.1 Å². The van der Waals surface area contributed by atoms with Crippen molar-refractivity contribution in [1.82, 2.24) is 25.5 Å². The van der Waals surface area contributed by atoms with Gasteiger partial charge >= 0.3 is 0 Å². The van der Waals surface area contributed by atoms with Gasteiger partial charge in [-0.25, -0.2) is 9.97 Å². The van der Waals surface area contributed by atoms with E-state index in [-0.39, 0.29) is 49.7 Å². The molecule has 0 spiro atoms. The van der Waals surface area contributed by atoms with Crippen LogP contribution in [0.4, 0.5) is 0 Å². The van der Waals surface area contributed by atoms with Crippen LogP contribution in [0.3, 0.4) is 0 Å². The molecule has 9 nitrogen and oxygen atoms in total. The van der Waals surface area contributed by atoms with E-state index in [0.717, 1.165) is 21.8 Å². The van der Waals surface area contributed by atoms with Gasteiger partial charge in [-0.2, -0.15) is 0 Å². The maximum absolute atomic E-state index is 12.4. The van der Waals surface area contributed by atoms with Crippen molar-refractivity contribution < 1.29 is 19.2 Å². The maximum Gasteiger partial charge on any atom is 0.261 e. The molecule has 2 N–H and O–H groups in total. The summed E-state index contributed by atoms with van der Waals surface area (Å²) in [6, 6.07) is 11.7. The second-order valence-corrected chi connectivity index (χ2v) is 7.76. The zero-order valence-corrected chi connectivity index (χ0v) is 18.3. The average Bonchev–Trinajstić information content (AvgIpc) is 3.05. The van der Waals surface area contributed by atoms with Crippen molar-refractivity contribution in [3.63, 3.8) is 0 Å². The number of carbonyl (C=O) groups is 4. The van der Waals surface area contributed by atoms with Crippen molar-refractivity contribution in [2.45, 2.75) is 20.3 Å². The number of aryl methyl sites for hydroxylation is 2. The van der Waals surface area contributed by atoms with Gasteiger partial charge in [0, 0.05) is 31.6 Å². The molecule has 9 heteroatoms. The molecular weight excluding hydrogens is 422 g/mol. The first-order valence-corrected chi connectivity index (χ1v) is 10.6. The number of benzene rings is 2. The van der Waals surface area contributed by atoms with Gasteiger partial charge in [0.2, 0.25) is 5.91 Å². The van der Waals surface area contributed by atoms with Gasteiger partial charge in [0.1, 0.15) is 0 Å². The van der Waals surface area contributed by atoms with Gasteiger partial charge in [-0.3, -0.25) is 24.1 Å². The normalized spacial score (nSPS) is 12.7. The lowest BCUT2D eigenvalue weighted by atomic mass is 10.1. The van der Waals surface area contributed by atoms with E-state index in [1.54, 1.807) is 42.5 Å². The highest BCUT2D eigenvalue weighted by Gasteiger charge is 2.34. The monoisotopic (exact) mass is 445 g/mol. The molecule has 1 aliphatic rings. The molecule has 1 aromatic heterocycles. The number of fused-ring (bicyclic) bond motifs is 2. The molecule has 0 bridgehead atoms. The molecule has 0 saturated heterocycles. The minimum Gasteiger partial charge on any atom is -0.354 e. The maximum atomic E-state index is 12.4. The Morgan fingerprint density at radius 2 is 1.45 bits per heavy atom. The number of amides is 4. The summed E-state index contributed by atoms with van der Waals surface area (Å²) in [4.78, 5) is 59.2. The van der Waals surface area contributed by atoms with Crippen molar-refractivity contribution in [3.8, 4) is 0 Å². The largest absolute Gasteiger partial charge is 0.354 e. The minimum atomic E-state index is -0.388. The van der Waals surface area contributed by atoms with Gasteiger partial charge in [0.15, 0.2) is 0 Å². The van der Waals surface area contributed by atoms with Gasteiger partial charge in [0.05, 0.1) is 33.5 Å². The Morgan fingerprint density at radius 1 is 0.848 bits per heavy atom. The van der Waals surface area contributed by atoms with Crippen molar-refractivity contribution >= 4 is 34.7 Å². The fraction of sp³-hybridized carbons (Fsp3) is 0.250. The first kappa shape index (κ1) is 22.1. The molecule has 0 atom stereocenters. The second-order valence-electron chi connectivity index (χ2n) is 7.76. The number of nitrogens with one attached hydrogen (secondary N) is 2. The summed E-state index contributed by atoms with van der Waals surface area (Å²) in [6.07, 6.45) is -0.0124. The Morgan fingerprint density at radius 3 is 2.12 bits per heavy atom. The van der Waals surface area contributed by atoms with Crippen LogP contribution in [0.25, 0.3) is 11.0 Å². The summed E-state index contributed by atoms with van der Waals surface area (Å²) >= 11 is 0. The van der Waals surface area contributed by atoms with Crippen LogP contribution in [0, 0.1) is 13.8 Å². The Kier molecular flexibility index (Phi) is 6.12. The molecule has 168 valence electrons. The molecule has 33 heavy (non-hydrogen) atoms. The zero-order valence-electron chi connectivity index (χ0n) is 18.3. The Labute approximate surface area is 190 Å². The van der Waals surface area contributed by atoms with Crippen molar-refractivity contribution in [2.24, 2.45) is 0 Å². The summed E-state index contributed by atoms with van der Waals surface area (Å²) in [5.41, 5.74) is 4.19. The fourth-order valence-electron chi connectivity index (χ4n) is 3.60. The minimum absolute atomic E-state index is 0.00154. The number of imide groups is 1. The molecule has 1 aliphatic heterocycles. The number of carbonyl (C=O) groups excluding carboxylic acids is 4. The van der Waals surface area contributed by atoms with Crippen molar-refractivity contribution in [2.75, 3.05) is 19.6 Å². The lowest BCUT2D eigenvalue weighted by Gasteiger charge is -2.13. The fourth-order valence-corrected chi connectivity index (χ4v) is 3.60. The van der Waals surface area contributed by atoms with Gasteiger partial charge < -0.3 is 10.6 Å². The molecule has 2 aromatic carbocycles. The van der Waals surface area contributed by atoms with E-state index in [4.69, 9.17) is 0 Å². The highest BCUT2D eigenvalue weighted by atomic mass is 16.2. The summed E-state index contributed by atoms with van der Waals surface area (Å²) in [5.74, 6) is -1.37. The SMILES string of the molecule is Cc1nc2ccc(C(=O)NCCNC(=O)CCN3C(=O)c4ccccc4C3=O)cc2nc1C. The summed E-state index contributed by atoms with van der Waals surface area (Å²) in [5, 5.41) is 5.43. The van der Waals surface area contributed by atoms with Crippen LogP contribution >= 0.6 is 0 Å². The van der Waals surface area contributed by atoms with Crippen LogP contribution in [-0.4, -0.2) is 58.1 Å². The first-order valence-electron chi connectivity index (χ1n) is 10.6. The predicted molar refractivity (Wildman–Crippen MR) is 121 cm³/mol. The number of nitrogens with zero attached hydrogens (tertiary/aromatic N) is 3. The van der Waals surface area contributed by atoms with E-state index in [0.29, 0.717) is 22.2 Å². The van der Waals surface area contributed by atoms with E-state index >= 15 is 0 Å². The molecule has 4 rings (SSSR count). The highest BCUT2D eigenvalue weighted by Crippen LogP contribution is 2.22. The molecular formula is C24H23N5O4. The average molecular weight is 445 g/mol. The molecule has 0 fully saturated rings. The molecule has 0 aliphatic carbocycles. The van der Waals surface area contributed by atoms with Crippen LogP contribution < -0.4 is 10.6 Å². The number of hydrogen-bond acceptors (Lipinski definition) is 6. The quantitative estimate of drug-likeness (QED) is 0.422. The van der Waals surface area contributed by atoms with Crippen LogP contribution in [-0.2, 0) is 4.79 Å². The third-order valence-corrected chi connectivity index (χ3v) is 5.51. The molecule has 0 saturated carbocycles. The molecule has 2 heterocycles. The summed E-state index contributed by atoms with van der Waals surface area (Å²) < 4.78 is 0. The number of hydrogen-bond donors (Lipinski definition) is 2. The van der Waals surface area contributed by atoms with E-state index in [1.165, 1.54) is 0 Å². The van der Waals surface area contributed by atoms with Crippen LogP contribution in [0.15, 0.2) is 42.5 Å². The molecule has 0 unspecified atom stereocenters. The predicted octanol–water partition coefficient (Wildman–Crippen LogP) is 1.78. The smallest absolute Gasteiger partial charge is 0.261 e. The van der Waals surface area contributed by atoms with Crippen LogP contribution in [0.1, 0.15) is 48.9 Å². The standard InChI is InChI=1S/C24H23N5O4/c1-14-15(2)28-20-13-16(7-8-19(20)27-14)22(31)26-11-10-25-21(30)9-12-29-23(32)17-5-3-4-6-18(17)24(29)33/h3-8,13H,9-12H2,1-2H3,(H,25,30)(H,26,31). The highest BCUT2D eigenvalue weighted by molar-refractivity contribution is 6.21.